The molecule has 7 nitrogen and oxygen atoms in total. The molecule has 1 aliphatic heterocycles. The van der Waals surface area contributed by atoms with Crippen LogP contribution in [0.2, 0.25) is 0 Å². The summed E-state index contributed by atoms with van der Waals surface area (Å²) in [5.41, 5.74) is 1.73. The SMILES string of the molecule is Cc1cnc([C@@H]2COCCN2C(=O)c2cc(C(C)C)no2)[nH]1. The molecule has 0 unspecified atom stereocenters. The van der Waals surface area contributed by atoms with Crippen LogP contribution < -0.4 is 0 Å². The van der Waals surface area contributed by atoms with Crippen LogP contribution in [0.15, 0.2) is 16.8 Å². The van der Waals surface area contributed by atoms with Crippen LogP contribution >= 0.6 is 0 Å². The summed E-state index contributed by atoms with van der Waals surface area (Å²) >= 11 is 0. The van der Waals surface area contributed by atoms with Crippen LogP contribution in [-0.4, -0.2) is 45.7 Å². The van der Waals surface area contributed by atoms with E-state index in [2.05, 4.69) is 15.1 Å². The Balaban J connectivity index is 1.84. The Labute approximate surface area is 128 Å². The van der Waals surface area contributed by atoms with Gasteiger partial charge in [-0.3, -0.25) is 4.79 Å². The van der Waals surface area contributed by atoms with Crippen LogP contribution in [0.1, 0.15) is 53.6 Å². The van der Waals surface area contributed by atoms with Gasteiger partial charge in [-0.05, 0) is 12.8 Å². The Hall–Kier alpha value is -2.15. The van der Waals surface area contributed by atoms with Gasteiger partial charge in [0.05, 0.1) is 18.9 Å². The molecular weight excluding hydrogens is 284 g/mol. The van der Waals surface area contributed by atoms with Crippen LogP contribution in [0.5, 0.6) is 0 Å². The van der Waals surface area contributed by atoms with Gasteiger partial charge >= 0.3 is 0 Å². The molecule has 1 aliphatic rings. The van der Waals surface area contributed by atoms with E-state index < -0.39 is 0 Å². The largest absolute Gasteiger partial charge is 0.377 e. The molecule has 3 rings (SSSR count). The zero-order valence-corrected chi connectivity index (χ0v) is 13.0. The van der Waals surface area contributed by atoms with Gasteiger partial charge in [-0.2, -0.15) is 0 Å². The van der Waals surface area contributed by atoms with Gasteiger partial charge in [0.1, 0.15) is 11.9 Å². The normalized spacial score (nSPS) is 18.9. The number of hydrogen-bond acceptors (Lipinski definition) is 5. The average Bonchev–Trinajstić information content (AvgIpc) is 3.15. The molecule has 7 heteroatoms. The lowest BCUT2D eigenvalue weighted by Gasteiger charge is -2.33. The van der Waals surface area contributed by atoms with Crippen molar-refractivity contribution in [2.75, 3.05) is 19.8 Å². The fraction of sp³-hybridized carbons (Fsp3) is 0.533. The van der Waals surface area contributed by atoms with E-state index in [4.69, 9.17) is 9.26 Å². The van der Waals surface area contributed by atoms with Gasteiger partial charge in [0.25, 0.3) is 5.91 Å². The monoisotopic (exact) mass is 304 g/mol. The predicted molar refractivity (Wildman–Crippen MR) is 78.5 cm³/mol. The Morgan fingerprint density at radius 3 is 2.95 bits per heavy atom. The van der Waals surface area contributed by atoms with Crippen LogP contribution in [0, 0.1) is 6.92 Å². The lowest BCUT2D eigenvalue weighted by atomic mass is 10.1. The lowest BCUT2D eigenvalue weighted by molar-refractivity contribution is -0.00692. The molecular formula is C15H20N4O3. The first-order valence-corrected chi connectivity index (χ1v) is 7.43. The van der Waals surface area contributed by atoms with Crippen molar-refractivity contribution in [2.24, 2.45) is 0 Å². The highest BCUT2D eigenvalue weighted by atomic mass is 16.5. The number of H-pyrrole nitrogens is 1. The highest BCUT2D eigenvalue weighted by Gasteiger charge is 2.33. The molecule has 2 aromatic heterocycles. The Kier molecular flexibility index (Phi) is 3.98. The first kappa shape index (κ1) is 14.8. The quantitative estimate of drug-likeness (QED) is 0.938. The molecule has 3 heterocycles. The van der Waals surface area contributed by atoms with E-state index in [1.165, 1.54) is 0 Å². The lowest BCUT2D eigenvalue weighted by Crippen LogP contribution is -2.43. The van der Waals surface area contributed by atoms with Crippen LogP contribution in [0.4, 0.5) is 0 Å². The van der Waals surface area contributed by atoms with Crippen molar-refractivity contribution in [3.63, 3.8) is 0 Å². The van der Waals surface area contributed by atoms with E-state index in [0.29, 0.717) is 19.8 Å². The highest BCUT2D eigenvalue weighted by Crippen LogP contribution is 2.25. The third-order valence-electron chi connectivity index (χ3n) is 3.76. The number of aromatic amines is 1. The van der Waals surface area contributed by atoms with Crippen molar-refractivity contribution in [1.29, 1.82) is 0 Å². The van der Waals surface area contributed by atoms with Gasteiger partial charge in [-0.1, -0.05) is 19.0 Å². The number of carbonyl (C=O) groups is 1. The number of imidazole rings is 1. The molecule has 1 N–H and O–H groups in total. The number of carbonyl (C=O) groups excluding carboxylic acids is 1. The summed E-state index contributed by atoms with van der Waals surface area (Å²) in [6, 6.07) is 1.48. The summed E-state index contributed by atoms with van der Waals surface area (Å²) in [5.74, 6) is 1.04. The van der Waals surface area contributed by atoms with E-state index in [1.807, 2.05) is 20.8 Å². The van der Waals surface area contributed by atoms with Gasteiger partial charge in [-0.25, -0.2) is 4.98 Å². The minimum Gasteiger partial charge on any atom is -0.377 e. The third kappa shape index (κ3) is 2.76. The summed E-state index contributed by atoms with van der Waals surface area (Å²) in [6.45, 7) is 7.38. The maximum absolute atomic E-state index is 12.7. The summed E-state index contributed by atoms with van der Waals surface area (Å²) in [4.78, 5) is 21.9. The number of amides is 1. The number of nitrogens with one attached hydrogen (secondary N) is 1. The van der Waals surface area contributed by atoms with Crippen molar-refractivity contribution < 1.29 is 14.1 Å². The third-order valence-corrected chi connectivity index (χ3v) is 3.76. The molecule has 22 heavy (non-hydrogen) atoms. The predicted octanol–water partition coefficient (Wildman–Crippen LogP) is 2.04. The molecule has 1 saturated heterocycles. The maximum atomic E-state index is 12.7. The highest BCUT2D eigenvalue weighted by molar-refractivity contribution is 5.91. The second-order valence-electron chi connectivity index (χ2n) is 5.81. The van der Waals surface area contributed by atoms with Gasteiger partial charge in [0.15, 0.2) is 0 Å². The number of nitrogens with zero attached hydrogens (tertiary/aromatic N) is 3. The van der Waals surface area contributed by atoms with E-state index in [-0.39, 0.29) is 23.6 Å². The topological polar surface area (TPSA) is 84.2 Å². The van der Waals surface area contributed by atoms with Crippen LogP contribution in [0.3, 0.4) is 0 Å². The molecule has 0 bridgehead atoms. The second-order valence-corrected chi connectivity index (χ2v) is 5.81. The van der Waals surface area contributed by atoms with E-state index in [1.54, 1.807) is 17.2 Å². The zero-order valence-electron chi connectivity index (χ0n) is 13.0. The van der Waals surface area contributed by atoms with Gasteiger partial charge in [0.2, 0.25) is 5.76 Å². The molecule has 2 aromatic rings. The van der Waals surface area contributed by atoms with Crippen LogP contribution in [0.25, 0.3) is 0 Å². The summed E-state index contributed by atoms with van der Waals surface area (Å²) < 4.78 is 10.7. The number of aromatic nitrogens is 3. The molecule has 1 amide bonds. The first-order chi connectivity index (χ1) is 10.6. The molecule has 0 aliphatic carbocycles. The minimum absolute atomic E-state index is 0.179. The van der Waals surface area contributed by atoms with Crippen molar-refractivity contribution >= 4 is 5.91 Å². The van der Waals surface area contributed by atoms with Crippen molar-refractivity contribution in [2.45, 2.75) is 32.7 Å². The van der Waals surface area contributed by atoms with Crippen molar-refractivity contribution in [3.8, 4) is 0 Å². The first-order valence-electron chi connectivity index (χ1n) is 7.43. The molecule has 118 valence electrons. The Morgan fingerprint density at radius 1 is 1.50 bits per heavy atom. The van der Waals surface area contributed by atoms with E-state index in [0.717, 1.165) is 17.2 Å². The van der Waals surface area contributed by atoms with Crippen LogP contribution in [-0.2, 0) is 4.74 Å². The number of morpholine rings is 1. The van der Waals surface area contributed by atoms with E-state index >= 15 is 0 Å². The fourth-order valence-corrected chi connectivity index (χ4v) is 2.48. The second kappa shape index (κ2) is 5.92. The number of ether oxygens (including phenoxy) is 1. The van der Waals surface area contributed by atoms with Crippen molar-refractivity contribution in [3.05, 3.63) is 35.2 Å². The smallest absolute Gasteiger partial charge is 0.293 e. The number of aryl methyl sites for hydroxylation is 1. The minimum atomic E-state index is -0.234. The molecule has 0 saturated carbocycles. The Bertz CT molecular complexity index is 661. The molecule has 0 spiro atoms. The number of hydrogen-bond donors (Lipinski definition) is 1. The molecule has 0 radical (unpaired) electrons. The average molecular weight is 304 g/mol. The zero-order chi connectivity index (χ0) is 15.7. The Morgan fingerprint density at radius 2 is 2.32 bits per heavy atom. The van der Waals surface area contributed by atoms with E-state index in [9.17, 15) is 4.79 Å². The molecule has 0 aromatic carbocycles. The molecule has 1 atom stereocenters. The summed E-state index contributed by atoms with van der Waals surface area (Å²) in [6.07, 6.45) is 1.75. The fourth-order valence-electron chi connectivity index (χ4n) is 2.48. The number of rotatable bonds is 3. The molecule has 1 fully saturated rings. The summed E-state index contributed by atoms with van der Waals surface area (Å²) in [7, 11) is 0. The van der Waals surface area contributed by atoms with Gasteiger partial charge in [0, 0.05) is 24.5 Å². The maximum Gasteiger partial charge on any atom is 0.293 e. The standard InChI is InChI=1S/C15H20N4O3/c1-9(2)11-6-13(22-18-11)15(20)19-4-5-21-8-12(19)14-16-7-10(3)17-14/h6-7,9,12H,4-5,8H2,1-3H3,(H,16,17)/t12-/m0/s1. The van der Waals surface area contributed by atoms with Gasteiger partial charge in [-0.15, -0.1) is 0 Å². The summed E-state index contributed by atoms with van der Waals surface area (Å²) in [5, 5.41) is 3.96. The van der Waals surface area contributed by atoms with Gasteiger partial charge < -0.3 is 19.1 Å². The van der Waals surface area contributed by atoms with Crippen molar-refractivity contribution in [1.82, 2.24) is 20.0 Å².